The van der Waals surface area contributed by atoms with Crippen LogP contribution in [0.4, 0.5) is 4.39 Å². The lowest BCUT2D eigenvalue weighted by atomic mass is 10.0. The van der Waals surface area contributed by atoms with Crippen molar-refractivity contribution in [2.75, 3.05) is 0 Å². The maximum absolute atomic E-state index is 13.2. The van der Waals surface area contributed by atoms with E-state index in [-0.39, 0.29) is 17.8 Å². The maximum atomic E-state index is 13.2. The Kier molecular flexibility index (Phi) is 3.45. The van der Waals surface area contributed by atoms with Gasteiger partial charge in [-0.3, -0.25) is 4.79 Å². The van der Waals surface area contributed by atoms with Crippen molar-refractivity contribution in [1.82, 2.24) is 5.32 Å². The van der Waals surface area contributed by atoms with Crippen LogP contribution >= 0.6 is 0 Å². The number of nitrogens with one attached hydrogen (secondary N) is 1. The molecule has 0 fully saturated rings. The third-order valence-corrected chi connectivity index (χ3v) is 2.17. The lowest BCUT2D eigenvalue weighted by Crippen LogP contribution is -2.30. The lowest BCUT2D eigenvalue weighted by Gasteiger charge is -2.11. The number of carbonyl (C=O) groups is 1. The van der Waals surface area contributed by atoms with E-state index in [0.717, 1.165) is 0 Å². The van der Waals surface area contributed by atoms with Gasteiger partial charge in [0.15, 0.2) is 0 Å². The van der Waals surface area contributed by atoms with Gasteiger partial charge in [-0.05, 0) is 51.0 Å². The van der Waals surface area contributed by atoms with E-state index in [1.807, 2.05) is 13.8 Å². The highest BCUT2D eigenvalue weighted by atomic mass is 19.1. The van der Waals surface area contributed by atoms with Gasteiger partial charge in [-0.1, -0.05) is 0 Å². The first-order valence-electron chi connectivity index (χ1n) is 4.99. The molecular weight excluding hydrogens is 193 g/mol. The first-order valence-corrected chi connectivity index (χ1v) is 4.99. The van der Waals surface area contributed by atoms with E-state index in [4.69, 9.17) is 0 Å². The smallest absolute Gasteiger partial charge is 0.251 e. The molecule has 1 aromatic rings. The van der Waals surface area contributed by atoms with Gasteiger partial charge in [0.1, 0.15) is 5.82 Å². The van der Waals surface area contributed by atoms with Crippen molar-refractivity contribution in [3.8, 4) is 0 Å². The summed E-state index contributed by atoms with van der Waals surface area (Å²) in [6, 6.07) is 3.06. The molecule has 0 aliphatic carbocycles. The van der Waals surface area contributed by atoms with Crippen LogP contribution in [-0.4, -0.2) is 11.9 Å². The fourth-order valence-corrected chi connectivity index (χ4v) is 1.37. The van der Waals surface area contributed by atoms with Crippen LogP contribution in [0.15, 0.2) is 12.1 Å². The summed E-state index contributed by atoms with van der Waals surface area (Å²) in [5.41, 5.74) is 1.70. The lowest BCUT2D eigenvalue weighted by molar-refractivity contribution is 0.0942. The van der Waals surface area contributed by atoms with Gasteiger partial charge < -0.3 is 5.32 Å². The summed E-state index contributed by atoms with van der Waals surface area (Å²) in [4.78, 5) is 11.7. The topological polar surface area (TPSA) is 29.1 Å². The van der Waals surface area contributed by atoms with Gasteiger partial charge >= 0.3 is 0 Å². The van der Waals surface area contributed by atoms with E-state index in [0.29, 0.717) is 16.7 Å². The van der Waals surface area contributed by atoms with E-state index in [2.05, 4.69) is 5.32 Å². The summed E-state index contributed by atoms with van der Waals surface area (Å²) >= 11 is 0. The van der Waals surface area contributed by atoms with E-state index >= 15 is 0 Å². The standard InChI is InChI=1S/C12H16FNO/c1-7(2)14-12(15)10-5-9(4)11(13)6-8(10)3/h5-7H,1-4H3,(H,14,15). The molecule has 0 spiro atoms. The molecule has 0 atom stereocenters. The Morgan fingerprint density at radius 1 is 1.27 bits per heavy atom. The van der Waals surface area contributed by atoms with Gasteiger partial charge in [-0.2, -0.15) is 0 Å². The molecule has 0 saturated carbocycles. The number of rotatable bonds is 2. The number of amides is 1. The minimum absolute atomic E-state index is 0.0854. The molecule has 15 heavy (non-hydrogen) atoms. The summed E-state index contributed by atoms with van der Waals surface area (Å²) < 4.78 is 13.2. The number of carbonyl (C=O) groups excluding carboxylic acids is 1. The number of benzene rings is 1. The molecule has 0 saturated heterocycles. The van der Waals surface area contributed by atoms with Gasteiger partial charge in [-0.15, -0.1) is 0 Å². The van der Waals surface area contributed by atoms with Crippen LogP contribution in [0.25, 0.3) is 0 Å². The second kappa shape index (κ2) is 4.43. The first-order chi connectivity index (χ1) is 6.91. The Morgan fingerprint density at radius 3 is 2.40 bits per heavy atom. The Balaban J connectivity index is 3.04. The van der Waals surface area contributed by atoms with E-state index in [9.17, 15) is 9.18 Å². The molecule has 3 heteroatoms. The number of halogens is 1. The fraction of sp³-hybridized carbons (Fsp3) is 0.417. The molecule has 0 heterocycles. The van der Waals surface area contributed by atoms with Gasteiger partial charge in [0, 0.05) is 11.6 Å². The van der Waals surface area contributed by atoms with Crippen molar-refractivity contribution < 1.29 is 9.18 Å². The molecule has 1 aromatic carbocycles. The molecule has 0 unspecified atom stereocenters. The summed E-state index contributed by atoms with van der Waals surface area (Å²) in [6.45, 7) is 7.17. The van der Waals surface area contributed by atoms with Crippen LogP contribution in [0.3, 0.4) is 0 Å². The van der Waals surface area contributed by atoms with E-state index in [1.54, 1.807) is 19.9 Å². The zero-order valence-electron chi connectivity index (χ0n) is 9.52. The third-order valence-electron chi connectivity index (χ3n) is 2.17. The van der Waals surface area contributed by atoms with Crippen LogP contribution in [0.5, 0.6) is 0 Å². The highest BCUT2D eigenvalue weighted by Gasteiger charge is 2.12. The summed E-state index contributed by atoms with van der Waals surface area (Å²) in [7, 11) is 0. The average molecular weight is 209 g/mol. The summed E-state index contributed by atoms with van der Waals surface area (Å²) in [6.07, 6.45) is 0. The van der Waals surface area contributed by atoms with E-state index in [1.165, 1.54) is 6.07 Å². The molecular formula is C12H16FNO. The van der Waals surface area contributed by atoms with Crippen LogP contribution in [0, 0.1) is 19.7 Å². The van der Waals surface area contributed by atoms with Crippen molar-refractivity contribution in [1.29, 1.82) is 0 Å². The number of hydrogen-bond acceptors (Lipinski definition) is 1. The average Bonchev–Trinajstić information content (AvgIpc) is 2.09. The predicted octanol–water partition coefficient (Wildman–Crippen LogP) is 2.58. The van der Waals surface area contributed by atoms with Crippen LogP contribution < -0.4 is 5.32 Å². The molecule has 82 valence electrons. The quantitative estimate of drug-likeness (QED) is 0.797. The maximum Gasteiger partial charge on any atom is 0.251 e. The predicted molar refractivity (Wildman–Crippen MR) is 58.5 cm³/mol. The van der Waals surface area contributed by atoms with Crippen molar-refractivity contribution >= 4 is 5.91 Å². The van der Waals surface area contributed by atoms with Crippen molar-refractivity contribution in [2.45, 2.75) is 33.7 Å². The second-order valence-corrected chi connectivity index (χ2v) is 4.04. The molecule has 2 nitrogen and oxygen atoms in total. The Hall–Kier alpha value is -1.38. The second-order valence-electron chi connectivity index (χ2n) is 4.04. The number of aryl methyl sites for hydroxylation is 2. The highest BCUT2D eigenvalue weighted by molar-refractivity contribution is 5.95. The molecule has 1 amide bonds. The molecule has 0 aliphatic heterocycles. The van der Waals surface area contributed by atoms with Crippen molar-refractivity contribution in [2.24, 2.45) is 0 Å². The summed E-state index contributed by atoms with van der Waals surface area (Å²) in [5, 5.41) is 2.79. The molecule has 0 aromatic heterocycles. The Morgan fingerprint density at radius 2 is 1.87 bits per heavy atom. The van der Waals surface area contributed by atoms with Crippen LogP contribution in [0.1, 0.15) is 35.3 Å². The Bertz CT molecular complexity index is 385. The molecule has 0 radical (unpaired) electrons. The van der Waals surface area contributed by atoms with Crippen molar-refractivity contribution in [3.63, 3.8) is 0 Å². The molecule has 1 N–H and O–H groups in total. The highest BCUT2D eigenvalue weighted by Crippen LogP contribution is 2.14. The van der Waals surface area contributed by atoms with Gasteiger partial charge in [0.05, 0.1) is 0 Å². The van der Waals surface area contributed by atoms with Crippen LogP contribution in [0.2, 0.25) is 0 Å². The minimum Gasteiger partial charge on any atom is -0.350 e. The van der Waals surface area contributed by atoms with Gasteiger partial charge in [0.25, 0.3) is 5.91 Å². The summed E-state index contributed by atoms with van der Waals surface area (Å²) in [5.74, 6) is -0.417. The minimum atomic E-state index is -0.270. The fourth-order valence-electron chi connectivity index (χ4n) is 1.37. The molecule has 0 bridgehead atoms. The van der Waals surface area contributed by atoms with E-state index < -0.39 is 0 Å². The largest absolute Gasteiger partial charge is 0.350 e. The molecule has 1 rings (SSSR count). The SMILES string of the molecule is Cc1cc(C(=O)NC(C)C)c(C)cc1F. The normalized spacial score (nSPS) is 10.5. The monoisotopic (exact) mass is 209 g/mol. The van der Waals surface area contributed by atoms with Crippen molar-refractivity contribution in [3.05, 3.63) is 34.6 Å². The molecule has 0 aliphatic rings. The first kappa shape index (κ1) is 11.7. The zero-order valence-corrected chi connectivity index (χ0v) is 9.52. The Labute approximate surface area is 89.5 Å². The van der Waals surface area contributed by atoms with Crippen LogP contribution in [-0.2, 0) is 0 Å². The third kappa shape index (κ3) is 2.78. The zero-order chi connectivity index (χ0) is 11.6. The van der Waals surface area contributed by atoms with Gasteiger partial charge in [0.2, 0.25) is 0 Å². The van der Waals surface area contributed by atoms with Gasteiger partial charge in [-0.25, -0.2) is 4.39 Å². The number of hydrogen-bond donors (Lipinski definition) is 1.